The van der Waals surface area contributed by atoms with Gasteiger partial charge < -0.3 is 20.8 Å². The van der Waals surface area contributed by atoms with Gasteiger partial charge in [0.05, 0.1) is 11.9 Å². The molecule has 0 saturated heterocycles. The second-order valence-electron chi connectivity index (χ2n) is 9.48. The Bertz CT molecular complexity index is 1190. The van der Waals surface area contributed by atoms with Gasteiger partial charge in [0.2, 0.25) is 5.95 Å². The van der Waals surface area contributed by atoms with Gasteiger partial charge >= 0.3 is 6.09 Å². The normalized spacial score (nSPS) is 21.1. The van der Waals surface area contributed by atoms with E-state index >= 15 is 0 Å². The van der Waals surface area contributed by atoms with Crippen molar-refractivity contribution in [3.63, 3.8) is 0 Å². The maximum Gasteiger partial charge on any atom is 0.405 e. The van der Waals surface area contributed by atoms with Crippen molar-refractivity contribution >= 4 is 23.5 Å². The van der Waals surface area contributed by atoms with Gasteiger partial charge in [-0.1, -0.05) is 12.8 Å². The van der Waals surface area contributed by atoms with E-state index < -0.39 is 12.3 Å². The van der Waals surface area contributed by atoms with Crippen LogP contribution in [0.4, 0.5) is 21.0 Å². The van der Waals surface area contributed by atoms with Gasteiger partial charge in [-0.2, -0.15) is 10.4 Å². The molecule has 0 aromatic carbocycles. The molecule has 3 heterocycles. The van der Waals surface area contributed by atoms with Gasteiger partial charge in [-0.25, -0.2) is 19.2 Å². The smallest absolute Gasteiger partial charge is 0.405 e. The van der Waals surface area contributed by atoms with Crippen molar-refractivity contribution in [2.75, 3.05) is 11.9 Å². The molecule has 1 radical (unpaired) electrons. The summed E-state index contributed by atoms with van der Waals surface area (Å²) in [6.07, 6.45) is 11.8. The fourth-order valence-electron chi connectivity index (χ4n) is 4.84. The quantitative estimate of drug-likeness (QED) is 0.267. The van der Waals surface area contributed by atoms with E-state index in [0.29, 0.717) is 41.5 Å². The zero-order valence-electron chi connectivity index (χ0n) is 20.3. The number of hydrogen-bond donors (Lipinski definition) is 5. The van der Waals surface area contributed by atoms with E-state index in [1.165, 1.54) is 0 Å². The third kappa shape index (κ3) is 7.02. The number of alkyl halides is 1. The first-order chi connectivity index (χ1) is 17.4. The van der Waals surface area contributed by atoms with E-state index in [1.807, 2.05) is 0 Å². The van der Waals surface area contributed by atoms with E-state index in [2.05, 4.69) is 36.9 Å². The molecule has 5 N–H and O–H groups in total. The third-order valence-corrected chi connectivity index (χ3v) is 6.75. The molecule has 0 aliphatic heterocycles. The van der Waals surface area contributed by atoms with Crippen molar-refractivity contribution in [3.8, 4) is 6.07 Å². The van der Waals surface area contributed by atoms with E-state index in [9.17, 15) is 14.4 Å². The van der Waals surface area contributed by atoms with Crippen molar-refractivity contribution in [2.45, 2.75) is 69.5 Å². The molecule has 0 atom stereocenters. The second-order valence-corrected chi connectivity index (χ2v) is 9.48. The summed E-state index contributed by atoms with van der Waals surface area (Å²) in [4.78, 5) is 18.8. The van der Waals surface area contributed by atoms with Gasteiger partial charge in [0.1, 0.15) is 23.6 Å². The molecule has 4 saturated carbocycles. The molecule has 4 aliphatic carbocycles. The molecular weight excluding hydrogens is 570 g/mol. The van der Waals surface area contributed by atoms with Gasteiger partial charge in [-0.15, -0.1) is 0 Å². The maximum atomic E-state index is 11.9. The fourth-order valence-corrected chi connectivity index (χ4v) is 4.84. The van der Waals surface area contributed by atoms with Crippen molar-refractivity contribution < 1.29 is 38.9 Å². The Kier molecular flexibility index (Phi) is 9.95. The molecule has 0 unspecified atom stereocenters. The number of aryl methyl sites for hydroxylation is 1. The summed E-state index contributed by atoms with van der Waals surface area (Å²) >= 11 is 0. The summed E-state index contributed by atoms with van der Waals surface area (Å²) < 4.78 is 13.6. The number of imidazole rings is 1. The number of fused-ring (bicyclic) bond motifs is 1. The van der Waals surface area contributed by atoms with Crippen LogP contribution >= 0.6 is 0 Å². The number of hydrogen-bond acceptors (Lipinski definition) is 7. The van der Waals surface area contributed by atoms with Crippen LogP contribution in [0.2, 0.25) is 0 Å². The predicted molar refractivity (Wildman–Crippen MR) is 130 cm³/mol. The number of aliphatic hydroxyl groups is 1. The Hall–Kier alpha value is -3.10. The molecule has 201 valence electrons. The number of nitriles is 1. The largest absolute Gasteiger partial charge is 0.465 e. The van der Waals surface area contributed by atoms with Crippen molar-refractivity contribution in [1.29, 1.82) is 5.26 Å². The third-order valence-electron chi connectivity index (χ3n) is 6.75. The van der Waals surface area contributed by atoms with Crippen molar-refractivity contribution in [3.05, 3.63) is 35.9 Å². The van der Waals surface area contributed by atoms with Gasteiger partial charge in [0.15, 0.2) is 5.65 Å². The van der Waals surface area contributed by atoms with E-state index in [1.54, 1.807) is 29.1 Å². The fraction of sp³-hybridized carbons (Fsp3) is 0.542. The molecule has 11 nitrogen and oxygen atoms in total. The predicted octanol–water partition coefficient (Wildman–Crippen LogP) is 3.70. The number of rotatable bonds is 6. The molecular formula is C24H31FN8O3Rh. The molecule has 2 bridgehead atoms. The summed E-state index contributed by atoms with van der Waals surface area (Å²) in [6, 6.07) is 3.92. The van der Waals surface area contributed by atoms with E-state index in [4.69, 9.17) is 10.2 Å². The van der Waals surface area contributed by atoms with Crippen LogP contribution in [0.25, 0.3) is 5.65 Å². The van der Waals surface area contributed by atoms with Crippen LogP contribution in [0.3, 0.4) is 0 Å². The average Bonchev–Trinajstić information content (AvgIpc) is 3.58. The molecule has 4 fully saturated rings. The summed E-state index contributed by atoms with van der Waals surface area (Å²) in [5.74, 6) is 2.07. The first kappa shape index (κ1) is 28.5. The Morgan fingerprint density at radius 1 is 1.30 bits per heavy atom. The van der Waals surface area contributed by atoms with Crippen LogP contribution in [0, 0.1) is 17.2 Å². The number of aromatic amines is 1. The minimum absolute atomic E-state index is 0. The Labute approximate surface area is 226 Å². The van der Waals surface area contributed by atoms with Gasteiger partial charge in [0, 0.05) is 50.1 Å². The number of aromatic nitrogens is 5. The van der Waals surface area contributed by atoms with E-state index in [-0.39, 0.29) is 31.6 Å². The molecule has 4 aliphatic rings. The minimum Gasteiger partial charge on any atom is -0.465 e. The summed E-state index contributed by atoms with van der Waals surface area (Å²) in [6.45, 7) is 0.0511. The summed E-state index contributed by atoms with van der Waals surface area (Å²) in [5, 5.41) is 38.9. The zero-order chi connectivity index (χ0) is 25.5. The molecule has 37 heavy (non-hydrogen) atoms. The van der Waals surface area contributed by atoms with Crippen LogP contribution in [-0.2, 0) is 25.9 Å². The Morgan fingerprint density at radius 3 is 2.49 bits per heavy atom. The molecule has 7 rings (SSSR count). The van der Waals surface area contributed by atoms with Crippen LogP contribution in [0.1, 0.15) is 62.6 Å². The first-order valence-electron chi connectivity index (χ1n) is 12.2. The Balaban J connectivity index is 0.000000194. The maximum absolute atomic E-state index is 11.9. The average molecular weight is 601 g/mol. The van der Waals surface area contributed by atoms with Crippen LogP contribution in [0.15, 0.2) is 24.7 Å². The number of carboxylic acid groups (broad SMARTS) is 1. The number of amides is 1. The Morgan fingerprint density at radius 2 is 2.03 bits per heavy atom. The van der Waals surface area contributed by atoms with Crippen LogP contribution in [0.5, 0.6) is 0 Å². The van der Waals surface area contributed by atoms with Crippen molar-refractivity contribution in [2.24, 2.45) is 5.92 Å². The van der Waals surface area contributed by atoms with Gasteiger partial charge in [-0.3, -0.25) is 9.50 Å². The molecule has 3 aromatic rings. The van der Waals surface area contributed by atoms with Crippen LogP contribution in [-0.4, -0.2) is 59.2 Å². The summed E-state index contributed by atoms with van der Waals surface area (Å²) in [5.41, 5.74) is 1.63. The number of aliphatic hydroxyl groups excluding tert-OH is 1. The van der Waals surface area contributed by atoms with E-state index in [0.717, 1.165) is 50.9 Å². The first-order valence-corrected chi connectivity index (χ1v) is 12.2. The number of halogens is 1. The molecule has 3 aromatic heterocycles. The number of nitrogens with zero attached hydrogens (tertiary/aromatic N) is 5. The molecule has 0 spiro atoms. The van der Waals surface area contributed by atoms with Gasteiger partial charge in [-0.05, 0) is 50.9 Å². The number of anilines is 2. The molecule has 1 amide bonds. The SMILES string of the molecule is FC1CCCC1.N#Cc1c(CCCO)nc(Nc2ccn[nH]2)n2ccnc12.O=C(O)NC12CC(C1)C2.[Rh]. The zero-order valence-corrected chi connectivity index (χ0v) is 21.9. The number of nitrogens with one attached hydrogen (secondary N) is 3. The summed E-state index contributed by atoms with van der Waals surface area (Å²) in [7, 11) is 0. The van der Waals surface area contributed by atoms with Crippen LogP contribution < -0.4 is 10.6 Å². The monoisotopic (exact) mass is 601 g/mol. The number of H-pyrrole nitrogens is 1. The molecule has 13 heteroatoms. The second kappa shape index (κ2) is 12.9. The van der Waals surface area contributed by atoms with Gasteiger partial charge in [0.25, 0.3) is 0 Å². The number of carbonyl (C=O) groups is 1. The van der Waals surface area contributed by atoms with Crippen molar-refractivity contribution in [1.82, 2.24) is 29.9 Å². The topological polar surface area (TPSA) is 164 Å². The minimum atomic E-state index is -0.867. The standard InChI is InChI=1S/C13H13N7O.C6H9NO2.C5H9F.Rh/c14-8-9-10(2-1-7-21)17-13(18-11-3-4-16-19-11)20-6-5-15-12(9)20;8-5(9)7-6-1-4(2-6)3-6;6-5-3-1-2-4-5;/h3-6,21H,1-2,7H2,(H2,16,17,18,19);4,7H,1-3H2,(H,8,9);5H,1-4H2;.